The van der Waals surface area contributed by atoms with Gasteiger partial charge in [0.1, 0.15) is 0 Å². The Kier molecular flexibility index (Phi) is 6.32. The molecule has 0 radical (unpaired) electrons. The third-order valence-electron chi connectivity index (χ3n) is 5.83. The molecule has 1 amide bonds. The summed E-state index contributed by atoms with van der Waals surface area (Å²) in [7, 11) is 1.93. The van der Waals surface area contributed by atoms with Gasteiger partial charge in [-0.1, -0.05) is 24.6 Å². The van der Waals surface area contributed by atoms with Crippen molar-refractivity contribution in [3.8, 4) is 0 Å². The first-order chi connectivity index (χ1) is 12.1. The normalized spacial score (nSPS) is 24.5. The van der Waals surface area contributed by atoms with Gasteiger partial charge in [-0.3, -0.25) is 9.69 Å². The minimum Gasteiger partial charge on any atom is -0.369 e. The quantitative estimate of drug-likeness (QED) is 0.855. The molecule has 0 bridgehead atoms. The molecule has 1 saturated heterocycles. The Morgan fingerprint density at radius 1 is 1.16 bits per heavy atom. The van der Waals surface area contributed by atoms with E-state index >= 15 is 0 Å². The van der Waals surface area contributed by atoms with Crippen LogP contribution in [-0.2, 0) is 4.79 Å². The highest BCUT2D eigenvalue weighted by Crippen LogP contribution is 2.27. The lowest BCUT2D eigenvalue weighted by Gasteiger charge is -2.36. The van der Waals surface area contributed by atoms with Gasteiger partial charge in [0.05, 0.1) is 0 Å². The van der Waals surface area contributed by atoms with Crippen molar-refractivity contribution in [3.05, 3.63) is 30.3 Å². The second-order valence-corrected chi connectivity index (χ2v) is 7.54. The number of anilines is 1. The summed E-state index contributed by atoms with van der Waals surface area (Å²) in [6, 6.07) is 10.8. The van der Waals surface area contributed by atoms with Crippen molar-refractivity contribution in [2.75, 3.05) is 51.2 Å². The van der Waals surface area contributed by atoms with Crippen LogP contribution in [0.5, 0.6) is 0 Å². The fraction of sp³-hybridized carbons (Fsp3) is 0.650. The molecule has 0 unspecified atom stereocenters. The zero-order chi connectivity index (χ0) is 17.6. The van der Waals surface area contributed by atoms with Gasteiger partial charge < -0.3 is 15.5 Å². The van der Waals surface area contributed by atoms with E-state index in [1.807, 2.05) is 11.9 Å². The smallest absolute Gasteiger partial charge is 0.222 e. The molecule has 2 atom stereocenters. The first kappa shape index (κ1) is 18.2. The number of piperazine rings is 1. The van der Waals surface area contributed by atoms with E-state index in [9.17, 15) is 4.79 Å². The largest absolute Gasteiger partial charge is 0.369 e. The number of likely N-dealkylation sites (N-methyl/N-ethyl adjacent to an activating group) is 1. The fourth-order valence-corrected chi connectivity index (χ4v) is 3.98. The summed E-state index contributed by atoms with van der Waals surface area (Å²) < 4.78 is 0. The van der Waals surface area contributed by atoms with E-state index in [0.717, 1.165) is 52.1 Å². The molecular formula is C20H32N4O. The molecule has 0 aromatic heterocycles. The van der Waals surface area contributed by atoms with Crippen molar-refractivity contribution in [2.24, 2.45) is 11.7 Å². The monoisotopic (exact) mass is 344 g/mol. The Morgan fingerprint density at radius 3 is 2.52 bits per heavy atom. The van der Waals surface area contributed by atoms with Crippen LogP contribution in [0.2, 0.25) is 0 Å². The number of para-hydroxylation sites is 1. The topological polar surface area (TPSA) is 52.8 Å². The number of carbonyl (C=O) groups excluding carboxylic acids is 1. The summed E-state index contributed by atoms with van der Waals surface area (Å²) in [5.41, 5.74) is 7.40. The third kappa shape index (κ3) is 4.95. The number of rotatable bonds is 6. The van der Waals surface area contributed by atoms with Gasteiger partial charge in [0.15, 0.2) is 0 Å². The van der Waals surface area contributed by atoms with Gasteiger partial charge in [-0.15, -0.1) is 0 Å². The van der Waals surface area contributed by atoms with Crippen molar-refractivity contribution in [1.82, 2.24) is 9.80 Å². The van der Waals surface area contributed by atoms with Crippen molar-refractivity contribution < 1.29 is 4.79 Å². The highest BCUT2D eigenvalue weighted by atomic mass is 16.2. The molecule has 1 aliphatic carbocycles. The number of hydrogen-bond acceptors (Lipinski definition) is 4. The van der Waals surface area contributed by atoms with Crippen molar-refractivity contribution in [1.29, 1.82) is 0 Å². The average molecular weight is 345 g/mol. The van der Waals surface area contributed by atoms with Gasteiger partial charge in [0.2, 0.25) is 5.91 Å². The molecule has 138 valence electrons. The minimum atomic E-state index is 0.225. The molecule has 3 rings (SSSR count). The Hall–Kier alpha value is -1.59. The predicted octanol–water partition coefficient (Wildman–Crippen LogP) is 1.78. The summed E-state index contributed by atoms with van der Waals surface area (Å²) in [6.45, 7) is 6.00. The molecule has 1 aliphatic heterocycles. The Balaban J connectivity index is 1.37. The molecule has 2 N–H and O–H groups in total. The first-order valence-electron chi connectivity index (χ1n) is 9.65. The number of amides is 1. The Morgan fingerprint density at radius 2 is 1.88 bits per heavy atom. The van der Waals surface area contributed by atoms with Gasteiger partial charge in [0, 0.05) is 64.5 Å². The van der Waals surface area contributed by atoms with Gasteiger partial charge in [-0.05, 0) is 30.9 Å². The van der Waals surface area contributed by atoms with E-state index in [0.29, 0.717) is 12.3 Å². The fourth-order valence-electron chi connectivity index (χ4n) is 3.98. The van der Waals surface area contributed by atoms with Crippen LogP contribution in [-0.4, -0.2) is 68.1 Å². The van der Waals surface area contributed by atoms with Crippen LogP contribution in [0.4, 0.5) is 5.69 Å². The van der Waals surface area contributed by atoms with E-state index in [1.165, 1.54) is 12.1 Å². The van der Waals surface area contributed by atoms with Crippen molar-refractivity contribution in [3.63, 3.8) is 0 Å². The molecule has 1 saturated carbocycles. The number of nitrogens with zero attached hydrogens (tertiary/aromatic N) is 3. The van der Waals surface area contributed by atoms with Gasteiger partial charge >= 0.3 is 0 Å². The molecule has 5 heteroatoms. The molecule has 1 aromatic carbocycles. The van der Waals surface area contributed by atoms with E-state index in [2.05, 4.69) is 40.1 Å². The van der Waals surface area contributed by atoms with Crippen LogP contribution in [0.15, 0.2) is 30.3 Å². The molecule has 0 spiro atoms. The summed E-state index contributed by atoms with van der Waals surface area (Å²) in [5, 5.41) is 0. The van der Waals surface area contributed by atoms with Gasteiger partial charge in [0.25, 0.3) is 0 Å². The van der Waals surface area contributed by atoms with Crippen LogP contribution in [0.3, 0.4) is 0 Å². The first-order valence-corrected chi connectivity index (χ1v) is 9.65. The summed E-state index contributed by atoms with van der Waals surface area (Å²) in [6.07, 6.45) is 3.99. The lowest BCUT2D eigenvalue weighted by molar-refractivity contribution is -0.131. The standard InChI is InChI=1S/C20H32N4O/c1-22(20(25)16-17-6-5-9-19(17)21)10-11-23-12-14-24(15-13-23)18-7-3-2-4-8-18/h2-4,7-8,17,19H,5-6,9-16,21H2,1H3/t17-,19+/m0/s1. The molecule has 2 aliphatic rings. The number of hydrogen-bond donors (Lipinski definition) is 1. The zero-order valence-electron chi connectivity index (χ0n) is 15.4. The maximum absolute atomic E-state index is 12.4. The van der Waals surface area contributed by atoms with Gasteiger partial charge in [-0.2, -0.15) is 0 Å². The number of nitrogens with two attached hydrogens (primary N) is 1. The Labute approximate surface area is 151 Å². The summed E-state index contributed by atoms with van der Waals surface area (Å²) in [5.74, 6) is 0.648. The maximum Gasteiger partial charge on any atom is 0.222 e. The van der Waals surface area contributed by atoms with Crippen LogP contribution >= 0.6 is 0 Å². The van der Waals surface area contributed by atoms with Crippen molar-refractivity contribution >= 4 is 11.6 Å². The van der Waals surface area contributed by atoms with E-state index in [1.54, 1.807) is 0 Å². The van der Waals surface area contributed by atoms with E-state index < -0.39 is 0 Å². The molecule has 25 heavy (non-hydrogen) atoms. The molecule has 5 nitrogen and oxygen atoms in total. The molecule has 2 fully saturated rings. The average Bonchev–Trinajstić information content (AvgIpc) is 3.05. The summed E-state index contributed by atoms with van der Waals surface area (Å²) in [4.78, 5) is 19.2. The number of benzene rings is 1. The minimum absolute atomic E-state index is 0.225. The SMILES string of the molecule is CN(CCN1CCN(c2ccccc2)CC1)C(=O)C[C@@H]1CCC[C@H]1N. The van der Waals surface area contributed by atoms with E-state index in [-0.39, 0.29) is 11.9 Å². The van der Waals surface area contributed by atoms with Crippen molar-refractivity contribution in [2.45, 2.75) is 31.7 Å². The summed E-state index contributed by atoms with van der Waals surface area (Å²) >= 11 is 0. The zero-order valence-corrected chi connectivity index (χ0v) is 15.4. The lowest BCUT2D eigenvalue weighted by atomic mass is 9.99. The lowest BCUT2D eigenvalue weighted by Crippen LogP contribution is -2.48. The maximum atomic E-state index is 12.4. The van der Waals surface area contributed by atoms with Crippen LogP contribution < -0.4 is 10.6 Å². The second-order valence-electron chi connectivity index (χ2n) is 7.54. The third-order valence-corrected chi connectivity index (χ3v) is 5.83. The second kappa shape index (κ2) is 8.68. The molecule has 1 aromatic rings. The van der Waals surface area contributed by atoms with Crippen LogP contribution in [0, 0.1) is 5.92 Å². The highest BCUT2D eigenvalue weighted by molar-refractivity contribution is 5.76. The Bertz CT molecular complexity index is 542. The number of carbonyl (C=O) groups is 1. The van der Waals surface area contributed by atoms with Gasteiger partial charge in [-0.25, -0.2) is 0 Å². The highest BCUT2D eigenvalue weighted by Gasteiger charge is 2.27. The van der Waals surface area contributed by atoms with Crippen LogP contribution in [0.25, 0.3) is 0 Å². The van der Waals surface area contributed by atoms with Crippen LogP contribution in [0.1, 0.15) is 25.7 Å². The predicted molar refractivity (Wildman–Crippen MR) is 103 cm³/mol. The molecule has 1 heterocycles. The van der Waals surface area contributed by atoms with E-state index in [4.69, 9.17) is 5.73 Å². The molecular weight excluding hydrogens is 312 g/mol.